The van der Waals surface area contributed by atoms with E-state index in [1.54, 1.807) is 11.0 Å². The fourth-order valence-corrected chi connectivity index (χ4v) is 8.16. The lowest BCUT2D eigenvalue weighted by Crippen LogP contribution is -2.47. The van der Waals surface area contributed by atoms with Gasteiger partial charge in [0.05, 0.1) is 15.7 Å². The Morgan fingerprint density at radius 3 is 1.69 bits per heavy atom. The number of para-hydroxylation sites is 1. The smallest absolute Gasteiger partial charge is 0.228 e. The molecule has 290 valence electrons. The van der Waals surface area contributed by atoms with Gasteiger partial charge in [-0.1, -0.05) is 41.4 Å². The van der Waals surface area contributed by atoms with Crippen molar-refractivity contribution >= 4 is 57.8 Å². The molecule has 4 heterocycles. The molecule has 13 heteroatoms. The fourth-order valence-electron chi connectivity index (χ4n) is 7.87. The van der Waals surface area contributed by atoms with Crippen molar-refractivity contribution in [2.24, 2.45) is 0 Å². The maximum atomic E-state index is 13.9. The lowest BCUT2D eigenvalue weighted by Gasteiger charge is -2.36. The number of anilines is 4. The third kappa shape index (κ3) is 9.40. The quantitative estimate of drug-likeness (QED) is 0.187. The van der Waals surface area contributed by atoms with Crippen LogP contribution in [-0.2, 0) is 22.4 Å². The molecule has 4 aliphatic heterocycles. The van der Waals surface area contributed by atoms with Crippen LogP contribution in [-0.4, -0.2) is 100 Å². The van der Waals surface area contributed by atoms with E-state index in [0.717, 1.165) is 74.4 Å². The van der Waals surface area contributed by atoms with Crippen LogP contribution in [0, 0.1) is 17.5 Å². The number of amides is 2. The molecule has 0 N–H and O–H groups in total. The number of fused-ring (bicyclic) bond motifs is 2. The van der Waals surface area contributed by atoms with Gasteiger partial charge < -0.3 is 19.6 Å². The maximum absolute atomic E-state index is 13.9. The number of nitrogens with zero attached hydrogens (tertiary/aromatic N) is 6. The minimum atomic E-state index is -0.579. The summed E-state index contributed by atoms with van der Waals surface area (Å²) in [6.45, 7) is 9.28. The molecule has 0 spiro atoms. The topological polar surface area (TPSA) is 53.6 Å². The van der Waals surface area contributed by atoms with Crippen LogP contribution in [0.15, 0.2) is 78.9 Å². The van der Waals surface area contributed by atoms with E-state index in [2.05, 4.69) is 26.8 Å². The molecule has 0 aliphatic carbocycles. The van der Waals surface area contributed by atoms with E-state index < -0.39 is 11.6 Å². The molecule has 4 aromatic carbocycles. The molecule has 0 aromatic heterocycles. The van der Waals surface area contributed by atoms with E-state index in [1.165, 1.54) is 29.8 Å². The van der Waals surface area contributed by atoms with E-state index in [1.807, 2.05) is 40.1 Å². The molecule has 0 bridgehead atoms. The van der Waals surface area contributed by atoms with Crippen molar-refractivity contribution in [3.05, 3.63) is 117 Å². The Labute approximate surface area is 330 Å². The SMILES string of the molecule is O=C(CCN1CCN(c2ccc(Cl)c(Cl)c2)CC1)N1CCc2ccccc21.O=C(CCN1CCN(c2ccc(F)cc2F)CC1)N1CCc2cc(F)ccc21. The average Bonchev–Trinajstić information content (AvgIpc) is 3.82. The number of hydrogen-bond acceptors (Lipinski definition) is 6. The Morgan fingerprint density at radius 1 is 0.527 bits per heavy atom. The van der Waals surface area contributed by atoms with Crippen LogP contribution in [0.4, 0.5) is 35.9 Å². The van der Waals surface area contributed by atoms with Crippen LogP contribution in [0.25, 0.3) is 0 Å². The first kappa shape index (κ1) is 39.0. The molecule has 4 aliphatic rings. The van der Waals surface area contributed by atoms with Gasteiger partial charge in [0.25, 0.3) is 0 Å². The van der Waals surface area contributed by atoms with Gasteiger partial charge in [0.15, 0.2) is 0 Å². The first-order chi connectivity index (χ1) is 26.6. The third-order valence-corrected chi connectivity index (χ3v) is 11.7. The fraction of sp³-hybridized carbons (Fsp3) is 0.381. The second kappa shape index (κ2) is 17.7. The van der Waals surface area contributed by atoms with Gasteiger partial charge >= 0.3 is 0 Å². The highest BCUT2D eigenvalue weighted by Crippen LogP contribution is 2.31. The summed E-state index contributed by atoms with van der Waals surface area (Å²) in [7, 11) is 0. The van der Waals surface area contributed by atoms with Gasteiger partial charge in [0.1, 0.15) is 17.5 Å². The standard InChI is InChI=1S/C21H23Cl2N3O.C21H22F3N3O/c22-18-6-5-17(15-19(18)23)25-13-11-24(12-14-25)9-8-21(27)26-10-7-16-3-1-2-4-20(16)26;22-16-1-3-19-15(13-16)5-8-27(19)21(28)6-7-25-9-11-26(12-10-25)20-4-2-17(23)14-18(20)24/h1-6,15H,7-14H2;1-4,13-14H,5-12H2. The van der Waals surface area contributed by atoms with Crippen molar-refractivity contribution in [2.75, 3.05) is 98.1 Å². The van der Waals surface area contributed by atoms with Crippen LogP contribution in [0.5, 0.6) is 0 Å². The number of benzene rings is 4. The summed E-state index contributed by atoms with van der Waals surface area (Å²) < 4.78 is 40.3. The Hall–Kier alpha value is -4.29. The Morgan fingerprint density at radius 2 is 1.07 bits per heavy atom. The molecule has 8 rings (SSSR count). The van der Waals surface area contributed by atoms with Crippen LogP contribution >= 0.6 is 23.2 Å². The summed E-state index contributed by atoms with van der Waals surface area (Å²) in [6, 6.07) is 22.2. The summed E-state index contributed by atoms with van der Waals surface area (Å²) in [5, 5.41) is 1.18. The van der Waals surface area contributed by atoms with Crippen molar-refractivity contribution in [1.29, 1.82) is 0 Å². The normalized spacial score (nSPS) is 17.2. The zero-order chi connectivity index (χ0) is 38.5. The van der Waals surface area contributed by atoms with Crippen molar-refractivity contribution < 1.29 is 22.8 Å². The van der Waals surface area contributed by atoms with Gasteiger partial charge in [-0.05, 0) is 78.6 Å². The number of hydrogen-bond donors (Lipinski definition) is 0. The highest BCUT2D eigenvalue weighted by Gasteiger charge is 2.27. The van der Waals surface area contributed by atoms with E-state index in [0.29, 0.717) is 74.3 Å². The molecule has 2 amide bonds. The third-order valence-electron chi connectivity index (χ3n) is 11.0. The molecule has 0 radical (unpaired) electrons. The van der Waals surface area contributed by atoms with Gasteiger partial charge in [0, 0.05) is 115 Å². The second-order valence-corrected chi connectivity index (χ2v) is 15.2. The Kier molecular flexibility index (Phi) is 12.5. The summed E-state index contributed by atoms with van der Waals surface area (Å²) in [5.74, 6) is -1.13. The highest BCUT2D eigenvalue weighted by molar-refractivity contribution is 6.42. The zero-order valence-corrected chi connectivity index (χ0v) is 32.2. The van der Waals surface area contributed by atoms with Crippen LogP contribution in [0.2, 0.25) is 10.0 Å². The van der Waals surface area contributed by atoms with Gasteiger partial charge in [-0.3, -0.25) is 19.4 Å². The summed E-state index contributed by atoms with van der Waals surface area (Å²) in [4.78, 5) is 37.7. The van der Waals surface area contributed by atoms with Gasteiger partial charge in [-0.15, -0.1) is 0 Å². The second-order valence-electron chi connectivity index (χ2n) is 14.3. The zero-order valence-electron chi connectivity index (χ0n) is 30.7. The van der Waals surface area contributed by atoms with E-state index in [-0.39, 0.29) is 17.6 Å². The highest BCUT2D eigenvalue weighted by atomic mass is 35.5. The predicted octanol–water partition coefficient (Wildman–Crippen LogP) is 7.30. The minimum Gasteiger partial charge on any atom is -0.369 e. The van der Waals surface area contributed by atoms with Crippen LogP contribution in [0.3, 0.4) is 0 Å². The Bertz CT molecular complexity index is 2000. The lowest BCUT2D eigenvalue weighted by atomic mass is 10.1. The minimum absolute atomic E-state index is 0.0392. The van der Waals surface area contributed by atoms with E-state index in [9.17, 15) is 22.8 Å². The number of carbonyl (C=O) groups excluding carboxylic acids is 2. The summed E-state index contributed by atoms with van der Waals surface area (Å²) >= 11 is 12.1. The molecule has 55 heavy (non-hydrogen) atoms. The van der Waals surface area contributed by atoms with Crippen LogP contribution < -0.4 is 19.6 Å². The average molecular weight is 794 g/mol. The number of halogens is 5. The largest absolute Gasteiger partial charge is 0.369 e. The molecule has 0 saturated carbocycles. The van der Waals surface area contributed by atoms with E-state index in [4.69, 9.17) is 23.2 Å². The van der Waals surface area contributed by atoms with Crippen molar-refractivity contribution in [2.45, 2.75) is 25.7 Å². The molecular formula is C42H45Cl2F3N6O2. The molecular weight excluding hydrogens is 748 g/mol. The Balaban J connectivity index is 0.000000169. The van der Waals surface area contributed by atoms with E-state index >= 15 is 0 Å². The van der Waals surface area contributed by atoms with Gasteiger partial charge in [0.2, 0.25) is 11.8 Å². The first-order valence-electron chi connectivity index (χ1n) is 18.9. The predicted molar refractivity (Wildman–Crippen MR) is 214 cm³/mol. The van der Waals surface area contributed by atoms with Crippen molar-refractivity contribution in [3.63, 3.8) is 0 Å². The first-order valence-corrected chi connectivity index (χ1v) is 19.7. The van der Waals surface area contributed by atoms with Gasteiger partial charge in [-0.2, -0.15) is 0 Å². The van der Waals surface area contributed by atoms with Crippen molar-refractivity contribution in [3.8, 4) is 0 Å². The van der Waals surface area contributed by atoms with Crippen molar-refractivity contribution in [1.82, 2.24) is 9.80 Å². The molecule has 4 aromatic rings. The molecule has 2 saturated heterocycles. The number of piperazine rings is 2. The number of carbonyl (C=O) groups is 2. The van der Waals surface area contributed by atoms with Gasteiger partial charge in [-0.25, -0.2) is 13.2 Å². The number of rotatable bonds is 8. The molecule has 0 unspecified atom stereocenters. The molecule has 2 fully saturated rings. The molecule has 8 nitrogen and oxygen atoms in total. The summed E-state index contributed by atoms with van der Waals surface area (Å²) in [5.41, 5.74) is 5.58. The lowest BCUT2D eigenvalue weighted by molar-refractivity contribution is -0.119. The molecule has 0 atom stereocenters. The monoisotopic (exact) mass is 792 g/mol. The maximum Gasteiger partial charge on any atom is 0.228 e. The van der Waals surface area contributed by atoms with Crippen LogP contribution in [0.1, 0.15) is 24.0 Å². The summed E-state index contributed by atoms with van der Waals surface area (Å²) in [6.07, 6.45) is 2.60.